The number of hydrogen-bond acceptors (Lipinski definition) is 2. The van der Waals surface area contributed by atoms with Crippen LogP contribution in [0.15, 0.2) is 35.6 Å². The number of hydrogen-bond donors (Lipinski definition) is 0. The zero-order valence-corrected chi connectivity index (χ0v) is 7.39. The van der Waals surface area contributed by atoms with Crippen molar-refractivity contribution in [2.75, 3.05) is 13.1 Å². The summed E-state index contributed by atoms with van der Waals surface area (Å²) >= 11 is 0. The van der Waals surface area contributed by atoms with E-state index in [0.29, 0.717) is 5.92 Å². The van der Waals surface area contributed by atoms with Crippen molar-refractivity contribution in [1.29, 1.82) is 0 Å². The molecule has 0 aromatic heterocycles. The molecule has 0 saturated carbocycles. The highest BCUT2D eigenvalue weighted by atomic mass is 16.3. The number of rotatable bonds is 2. The van der Waals surface area contributed by atoms with Crippen LogP contribution in [0.4, 0.5) is 0 Å². The molecule has 1 saturated heterocycles. The number of nitroso groups, excluding NO2 is 1. The lowest BCUT2D eigenvalue weighted by atomic mass is 9.99. The van der Waals surface area contributed by atoms with Gasteiger partial charge >= 0.3 is 0 Å². The van der Waals surface area contributed by atoms with Gasteiger partial charge in [0.1, 0.15) is 0 Å². The first-order valence-corrected chi connectivity index (χ1v) is 4.53. The van der Waals surface area contributed by atoms with Gasteiger partial charge in [0.15, 0.2) is 0 Å². The van der Waals surface area contributed by atoms with Crippen molar-refractivity contribution in [2.24, 2.45) is 5.29 Å². The summed E-state index contributed by atoms with van der Waals surface area (Å²) in [6, 6.07) is 10.3. The first-order chi connectivity index (χ1) is 6.40. The SMILES string of the molecule is O=NN1CCC(c2ccccc2)C1. The lowest BCUT2D eigenvalue weighted by Gasteiger charge is -2.08. The lowest BCUT2D eigenvalue weighted by Crippen LogP contribution is -2.11. The van der Waals surface area contributed by atoms with Gasteiger partial charge in [0, 0.05) is 19.0 Å². The molecular formula is C10H12N2O. The Labute approximate surface area is 77.3 Å². The summed E-state index contributed by atoms with van der Waals surface area (Å²) in [4.78, 5) is 10.3. The highest BCUT2D eigenvalue weighted by molar-refractivity contribution is 5.20. The largest absolute Gasteiger partial charge is 0.260 e. The minimum absolute atomic E-state index is 0.485. The van der Waals surface area contributed by atoms with Gasteiger partial charge in [-0.05, 0) is 12.0 Å². The summed E-state index contributed by atoms with van der Waals surface area (Å²) in [7, 11) is 0. The molecule has 1 unspecified atom stereocenters. The average Bonchev–Trinajstić information content (AvgIpc) is 2.67. The molecule has 0 radical (unpaired) electrons. The van der Waals surface area contributed by atoms with Crippen molar-refractivity contribution in [2.45, 2.75) is 12.3 Å². The smallest absolute Gasteiger partial charge is 0.0524 e. The average molecular weight is 176 g/mol. The highest BCUT2D eigenvalue weighted by Gasteiger charge is 2.23. The van der Waals surface area contributed by atoms with Crippen LogP contribution in [-0.4, -0.2) is 18.1 Å². The molecule has 0 aliphatic carbocycles. The summed E-state index contributed by atoms with van der Waals surface area (Å²) in [5.41, 5.74) is 1.31. The Kier molecular flexibility index (Phi) is 2.25. The fourth-order valence-corrected chi connectivity index (χ4v) is 1.81. The van der Waals surface area contributed by atoms with E-state index in [1.165, 1.54) is 5.56 Å². The third kappa shape index (κ3) is 1.69. The molecule has 0 bridgehead atoms. The second-order valence-electron chi connectivity index (χ2n) is 3.39. The molecule has 1 aromatic carbocycles. The van der Waals surface area contributed by atoms with Gasteiger partial charge in [-0.3, -0.25) is 5.01 Å². The Hall–Kier alpha value is -1.38. The molecule has 2 rings (SSSR count). The van der Waals surface area contributed by atoms with Crippen LogP contribution in [0, 0.1) is 4.91 Å². The Morgan fingerprint density at radius 1 is 1.31 bits per heavy atom. The number of nitrogens with zero attached hydrogens (tertiary/aromatic N) is 2. The summed E-state index contributed by atoms with van der Waals surface area (Å²) in [6.07, 6.45) is 1.04. The van der Waals surface area contributed by atoms with Gasteiger partial charge in [-0.25, -0.2) is 0 Å². The molecule has 3 nitrogen and oxygen atoms in total. The Morgan fingerprint density at radius 2 is 2.08 bits per heavy atom. The number of benzene rings is 1. The summed E-state index contributed by atoms with van der Waals surface area (Å²) < 4.78 is 0. The van der Waals surface area contributed by atoms with Crippen molar-refractivity contribution >= 4 is 0 Å². The molecule has 13 heavy (non-hydrogen) atoms. The quantitative estimate of drug-likeness (QED) is 0.647. The molecule has 0 spiro atoms. The zero-order chi connectivity index (χ0) is 9.10. The summed E-state index contributed by atoms with van der Waals surface area (Å²) in [6.45, 7) is 1.57. The van der Waals surface area contributed by atoms with E-state index in [2.05, 4.69) is 17.4 Å². The van der Waals surface area contributed by atoms with E-state index < -0.39 is 0 Å². The maximum absolute atomic E-state index is 10.3. The van der Waals surface area contributed by atoms with Crippen LogP contribution in [0.2, 0.25) is 0 Å². The van der Waals surface area contributed by atoms with Gasteiger partial charge in [-0.2, -0.15) is 0 Å². The lowest BCUT2D eigenvalue weighted by molar-refractivity contribution is 0.350. The van der Waals surface area contributed by atoms with Gasteiger partial charge in [0.2, 0.25) is 0 Å². The topological polar surface area (TPSA) is 32.7 Å². The predicted octanol–water partition coefficient (Wildman–Crippen LogP) is 2.16. The molecule has 1 aromatic rings. The minimum atomic E-state index is 0.485. The molecular weight excluding hydrogens is 164 g/mol. The van der Waals surface area contributed by atoms with Gasteiger partial charge in [0.25, 0.3) is 0 Å². The monoisotopic (exact) mass is 176 g/mol. The summed E-state index contributed by atoms with van der Waals surface area (Å²) in [5, 5.41) is 4.54. The summed E-state index contributed by atoms with van der Waals surface area (Å²) in [5.74, 6) is 0.485. The Morgan fingerprint density at radius 3 is 2.69 bits per heavy atom. The first-order valence-electron chi connectivity index (χ1n) is 4.53. The molecule has 1 aliphatic heterocycles. The normalized spacial score (nSPS) is 21.8. The molecule has 68 valence electrons. The van der Waals surface area contributed by atoms with Crippen LogP contribution in [0.1, 0.15) is 17.9 Å². The third-order valence-electron chi connectivity index (χ3n) is 2.55. The van der Waals surface area contributed by atoms with E-state index in [0.717, 1.165) is 19.5 Å². The molecule has 0 amide bonds. The molecule has 3 heteroatoms. The highest BCUT2D eigenvalue weighted by Crippen LogP contribution is 2.26. The van der Waals surface area contributed by atoms with Crippen LogP contribution < -0.4 is 0 Å². The van der Waals surface area contributed by atoms with E-state index in [1.54, 1.807) is 5.01 Å². The maximum atomic E-state index is 10.3. The van der Waals surface area contributed by atoms with Crippen molar-refractivity contribution in [1.82, 2.24) is 5.01 Å². The van der Waals surface area contributed by atoms with Crippen LogP contribution >= 0.6 is 0 Å². The van der Waals surface area contributed by atoms with Gasteiger partial charge in [0.05, 0.1) is 5.29 Å². The molecule has 1 fully saturated rings. The fraction of sp³-hybridized carbons (Fsp3) is 0.400. The molecule has 1 heterocycles. The van der Waals surface area contributed by atoms with Crippen LogP contribution in [0.3, 0.4) is 0 Å². The zero-order valence-electron chi connectivity index (χ0n) is 7.39. The molecule has 1 aliphatic rings. The van der Waals surface area contributed by atoms with Crippen molar-refractivity contribution in [3.63, 3.8) is 0 Å². The van der Waals surface area contributed by atoms with Gasteiger partial charge in [-0.15, -0.1) is 4.91 Å². The second kappa shape index (κ2) is 3.56. The first kappa shape index (κ1) is 8.23. The van der Waals surface area contributed by atoms with E-state index in [9.17, 15) is 4.91 Å². The third-order valence-corrected chi connectivity index (χ3v) is 2.55. The fourth-order valence-electron chi connectivity index (χ4n) is 1.81. The minimum Gasteiger partial charge on any atom is -0.260 e. The van der Waals surface area contributed by atoms with Crippen LogP contribution in [0.5, 0.6) is 0 Å². The van der Waals surface area contributed by atoms with E-state index >= 15 is 0 Å². The molecule has 0 N–H and O–H groups in total. The standard InChI is InChI=1S/C10H12N2O/c13-11-12-7-6-10(8-12)9-4-2-1-3-5-9/h1-5,10H,6-8H2. The van der Waals surface area contributed by atoms with Gasteiger partial charge in [-0.1, -0.05) is 30.3 Å². The molecule has 1 atom stereocenters. The van der Waals surface area contributed by atoms with Crippen LogP contribution in [-0.2, 0) is 0 Å². The van der Waals surface area contributed by atoms with Gasteiger partial charge < -0.3 is 0 Å². The second-order valence-corrected chi connectivity index (χ2v) is 3.39. The maximum Gasteiger partial charge on any atom is 0.0524 e. The van der Waals surface area contributed by atoms with Crippen LogP contribution in [0.25, 0.3) is 0 Å². The van der Waals surface area contributed by atoms with E-state index in [1.807, 2.05) is 18.2 Å². The van der Waals surface area contributed by atoms with E-state index in [4.69, 9.17) is 0 Å². The van der Waals surface area contributed by atoms with Crippen molar-refractivity contribution < 1.29 is 0 Å². The van der Waals surface area contributed by atoms with E-state index in [-0.39, 0.29) is 0 Å². The Balaban J connectivity index is 2.08. The van der Waals surface area contributed by atoms with Crippen molar-refractivity contribution in [3.05, 3.63) is 40.8 Å². The van der Waals surface area contributed by atoms with Crippen molar-refractivity contribution in [3.8, 4) is 0 Å². The Bertz CT molecular complexity index is 286. The predicted molar refractivity (Wildman–Crippen MR) is 51.2 cm³/mol.